The van der Waals surface area contributed by atoms with Gasteiger partial charge < -0.3 is 19.2 Å². The molecule has 2 aliphatic heterocycles. The van der Waals surface area contributed by atoms with Gasteiger partial charge in [0.05, 0.1) is 23.8 Å². The van der Waals surface area contributed by atoms with Crippen molar-refractivity contribution in [3.8, 4) is 5.75 Å². The van der Waals surface area contributed by atoms with Gasteiger partial charge in [-0.15, -0.1) is 6.58 Å². The van der Waals surface area contributed by atoms with E-state index in [0.717, 1.165) is 16.8 Å². The van der Waals surface area contributed by atoms with Crippen molar-refractivity contribution < 1.29 is 33.3 Å². The number of hydrazine groups is 1. The second-order valence-corrected chi connectivity index (χ2v) is 13.6. The number of hydrogen-bond acceptors (Lipinski definition) is 7. The zero-order chi connectivity index (χ0) is 34.6. The summed E-state index contributed by atoms with van der Waals surface area (Å²) in [6.45, 7) is 4.29. The van der Waals surface area contributed by atoms with Crippen molar-refractivity contribution in [1.82, 2.24) is 19.8 Å². The third-order valence-electron chi connectivity index (χ3n) is 8.34. The fourth-order valence-corrected chi connectivity index (χ4v) is 6.86. The van der Waals surface area contributed by atoms with E-state index in [1.54, 1.807) is 39.2 Å². The number of piperazine rings is 1. The number of nitrogens with zero attached hydrogens (tertiary/aromatic N) is 5. The van der Waals surface area contributed by atoms with Crippen LogP contribution in [0.5, 0.6) is 5.75 Å². The lowest BCUT2D eigenvalue weighted by Crippen LogP contribution is -2.75. The molecular weight excluding hydrogens is 657 g/mol. The minimum atomic E-state index is -4.76. The van der Waals surface area contributed by atoms with Crippen molar-refractivity contribution >= 4 is 42.8 Å². The summed E-state index contributed by atoms with van der Waals surface area (Å²) in [6, 6.07) is 20.2. The van der Waals surface area contributed by atoms with Crippen molar-refractivity contribution in [2.75, 3.05) is 38.6 Å². The van der Waals surface area contributed by atoms with Crippen LogP contribution in [0.15, 0.2) is 85.5 Å². The van der Waals surface area contributed by atoms with Crippen molar-refractivity contribution in [1.29, 1.82) is 0 Å². The van der Waals surface area contributed by atoms with Crippen LogP contribution in [0, 0.1) is 0 Å². The molecule has 0 spiro atoms. The molecule has 2 atom stereocenters. The van der Waals surface area contributed by atoms with Crippen molar-refractivity contribution in [3.05, 3.63) is 107 Å². The molecule has 0 unspecified atom stereocenters. The number of phosphoric acid groups is 1. The summed E-state index contributed by atoms with van der Waals surface area (Å²) >= 11 is 6.43. The Kier molecular flexibility index (Phi) is 10.9. The van der Waals surface area contributed by atoms with Crippen molar-refractivity contribution in [2.24, 2.45) is 0 Å². The summed E-state index contributed by atoms with van der Waals surface area (Å²) in [5, 5.41) is 3.87. The molecule has 2 N–H and O–H groups in total. The van der Waals surface area contributed by atoms with E-state index in [-0.39, 0.29) is 62.5 Å². The smallest absolute Gasteiger partial charge is 0.404 e. The van der Waals surface area contributed by atoms with E-state index in [2.05, 4.69) is 11.1 Å². The molecule has 3 aromatic rings. The summed E-state index contributed by atoms with van der Waals surface area (Å²) in [4.78, 5) is 65.6. The van der Waals surface area contributed by atoms with Gasteiger partial charge in [-0.25, -0.2) is 14.6 Å². The van der Waals surface area contributed by atoms with Crippen LogP contribution in [0.2, 0.25) is 5.02 Å². The number of carbonyl (C=O) groups excluding carboxylic acids is 3. The molecule has 5 rings (SSSR count). The molecule has 0 saturated carbocycles. The van der Waals surface area contributed by atoms with Crippen molar-refractivity contribution in [3.63, 3.8) is 0 Å². The molecule has 0 bridgehead atoms. The third-order valence-corrected chi connectivity index (χ3v) is 9.11. The lowest BCUT2D eigenvalue weighted by molar-refractivity contribution is -0.205. The van der Waals surface area contributed by atoms with Gasteiger partial charge in [0.25, 0.3) is 0 Å². The Morgan fingerprint density at radius 3 is 2.38 bits per heavy atom. The first-order chi connectivity index (χ1) is 22.8. The monoisotopic (exact) mass is 695 g/mol. The first-order valence-corrected chi connectivity index (χ1v) is 17.4. The topological polar surface area (TPSA) is 134 Å². The Bertz CT molecular complexity index is 1700. The number of phosphoric ester groups is 1. The maximum atomic E-state index is 14.3. The molecule has 0 aromatic heterocycles. The second-order valence-electron chi connectivity index (χ2n) is 12.0. The molecule has 0 aliphatic carbocycles. The van der Waals surface area contributed by atoms with Gasteiger partial charge >= 0.3 is 7.82 Å². The lowest BCUT2D eigenvalue weighted by atomic mass is 9.98. The molecule has 254 valence electrons. The maximum absolute atomic E-state index is 14.3. The Morgan fingerprint density at radius 1 is 1.04 bits per heavy atom. The van der Waals surface area contributed by atoms with E-state index in [1.807, 2.05) is 61.5 Å². The summed E-state index contributed by atoms with van der Waals surface area (Å²) in [6.07, 6.45) is 1.66. The molecule has 3 aromatic carbocycles. The highest BCUT2D eigenvalue weighted by Gasteiger charge is 2.51. The molecule has 14 heteroatoms. The Labute approximate surface area is 284 Å². The fourth-order valence-electron chi connectivity index (χ4n) is 6.18. The molecule has 2 aliphatic rings. The highest BCUT2D eigenvalue weighted by molar-refractivity contribution is 7.46. The number of anilines is 1. The van der Waals surface area contributed by atoms with E-state index in [9.17, 15) is 28.7 Å². The number of carbonyl (C=O) groups is 3. The average Bonchev–Trinajstić information content (AvgIpc) is 3.03. The summed E-state index contributed by atoms with van der Waals surface area (Å²) in [7, 11) is -1.00. The molecule has 12 nitrogen and oxygen atoms in total. The predicted molar refractivity (Wildman–Crippen MR) is 182 cm³/mol. The molecule has 0 radical (unpaired) electrons. The first-order valence-electron chi connectivity index (χ1n) is 15.5. The Hall–Kier alpha value is -4.19. The lowest BCUT2D eigenvalue weighted by Gasteiger charge is -2.55. The van der Waals surface area contributed by atoms with Crippen LogP contribution in [0.3, 0.4) is 0 Å². The fraction of sp³-hybridized carbons (Fsp3) is 0.324. The van der Waals surface area contributed by atoms with E-state index in [4.69, 9.17) is 11.6 Å². The van der Waals surface area contributed by atoms with Gasteiger partial charge in [-0.3, -0.25) is 24.2 Å². The molecule has 2 saturated heterocycles. The van der Waals surface area contributed by atoms with Gasteiger partial charge in [0.2, 0.25) is 17.7 Å². The van der Waals surface area contributed by atoms with Crippen LogP contribution in [0.1, 0.15) is 23.1 Å². The number of benzene rings is 3. The zero-order valence-corrected chi connectivity index (χ0v) is 28.5. The zero-order valence-electron chi connectivity index (χ0n) is 26.8. The van der Waals surface area contributed by atoms with Crippen LogP contribution in [0.4, 0.5) is 5.69 Å². The number of rotatable bonds is 12. The Balaban J connectivity index is 1.50. The largest absolute Gasteiger partial charge is 0.524 e. The Morgan fingerprint density at radius 2 is 1.73 bits per heavy atom. The third kappa shape index (κ3) is 8.26. The van der Waals surface area contributed by atoms with E-state index in [1.165, 1.54) is 17.0 Å². The highest BCUT2D eigenvalue weighted by Crippen LogP contribution is 2.38. The van der Waals surface area contributed by atoms with Crippen molar-refractivity contribution in [2.45, 2.75) is 38.0 Å². The minimum Gasteiger partial charge on any atom is -0.404 e. The van der Waals surface area contributed by atoms with Gasteiger partial charge in [-0.1, -0.05) is 66.2 Å². The first kappa shape index (κ1) is 35.1. The van der Waals surface area contributed by atoms with Crippen LogP contribution >= 0.6 is 19.4 Å². The molecule has 48 heavy (non-hydrogen) atoms. The molecular formula is C34H39ClN5O7P. The average molecular weight is 696 g/mol. The second kappa shape index (κ2) is 14.9. The summed E-state index contributed by atoms with van der Waals surface area (Å²) in [5.41, 5.74) is 3.26. The van der Waals surface area contributed by atoms with Crippen LogP contribution in [0.25, 0.3) is 0 Å². The summed E-state index contributed by atoms with van der Waals surface area (Å²) in [5.74, 6) is -0.804. The standard InChI is InChI=1S/C34H39ClN5O7P/c1-4-18-38-23-33(42)39-30(19-25-10-14-27(15-11-25)47-48(44,45)46)34(43)37(21-26-12-16-28(35)29(20-26)36(2)3)22-31(39)40(38)32(41)17-13-24-8-6-5-7-9-24/h4-12,14-16,20,30-31H,1,13,17-19,21-23H2,2-3H3,(H2,44,45,46)/t30-,31-/m0/s1. The number of halogens is 1. The van der Waals surface area contributed by atoms with E-state index in [0.29, 0.717) is 17.0 Å². The summed E-state index contributed by atoms with van der Waals surface area (Å²) < 4.78 is 16.0. The van der Waals surface area contributed by atoms with Crippen LogP contribution in [-0.2, 0) is 38.3 Å². The molecule has 2 fully saturated rings. The van der Waals surface area contributed by atoms with Gasteiger partial charge in [0, 0.05) is 40.0 Å². The van der Waals surface area contributed by atoms with E-state index < -0.39 is 20.0 Å². The van der Waals surface area contributed by atoms with Gasteiger partial charge in [-0.2, -0.15) is 0 Å². The maximum Gasteiger partial charge on any atom is 0.524 e. The SMILES string of the molecule is C=CCN1CC(=O)N2[C@@H](Cc3ccc(OP(=O)(O)O)cc3)C(=O)N(Cc3ccc(Cl)c(N(C)C)c3)C[C@@H]2N1C(=O)CCc1ccccc1. The van der Waals surface area contributed by atoms with E-state index >= 15 is 0 Å². The number of fused-ring (bicyclic) bond motifs is 1. The van der Waals surface area contributed by atoms with Gasteiger partial charge in [-0.05, 0) is 47.4 Å². The van der Waals surface area contributed by atoms with Crippen LogP contribution in [-0.4, -0.2) is 93.3 Å². The predicted octanol–water partition coefficient (Wildman–Crippen LogP) is 3.86. The van der Waals surface area contributed by atoms with Crippen LogP contribution < -0.4 is 9.42 Å². The van der Waals surface area contributed by atoms with Gasteiger partial charge in [0.1, 0.15) is 18.0 Å². The number of aryl methyl sites for hydroxylation is 1. The molecule has 2 heterocycles. The van der Waals surface area contributed by atoms with Gasteiger partial charge in [0.15, 0.2) is 0 Å². The number of hydrogen-bond donors (Lipinski definition) is 2. The normalized spacial score (nSPS) is 18.5. The minimum absolute atomic E-state index is 0.0368. The quantitative estimate of drug-likeness (QED) is 0.214. The highest BCUT2D eigenvalue weighted by atomic mass is 35.5. The number of amides is 3. The molecule has 3 amide bonds.